The van der Waals surface area contributed by atoms with Gasteiger partial charge < -0.3 is 15.2 Å². The second-order valence-electron chi connectivity index (χ2n) is 8.26. The van der Waals surface area contributed by atoms with Crippen LogP contribution in [0.4, 0.5) is 5.82 Å². The van der Waals surface area contributed by atoms with E-state index in [4.69, 9.17) is 15.2 Å². The average molecular weight is 436 g/mol. The zero-order chi connectivity index (χ0) is 22.5. The lowest BCUT2D eigenvalue weighted by atomic mass is 10.0. The van der Waals surface area contributed by atoms with E-state index in [0.29, 0.717) is 6.54 Å². The van der Waals surface area contributed by atoms with Crippen molar-refractivity contribution in [1.29, 1.82) is 0 Å². The Morgan fingerprint density at radius 3 is 2.97 bits per heavy atom. The molecule has 9 heteroatoms. The van der Waals surface area contributed by atoms with Crippen LogP contribution in [-0.4, -0.2) is 37.2 Å². The standard InChI is InChI=1S/C23H29N7O2/c1-15(2)30-14-26-20-22(27-21(28-23(20)30)18-8-3-4-11-24-18)25-13-17-7-5-6-16(12-17)9-10-19(31)29-32/h5-7,9-10,12,14-15,18,24,32H,3-4,8,11,13H2,1-2H3,(H,29,31)(H,25,27,28)/b10-9+. The van der Waals surface area contributed by atoms with E-state index in [1.54, 1.807) is 11.6 Å². The molecule has 32 heavy (non-hydrogen) atoms. The van der Waals surface area contributed by atoms with Crippen LogP contribution in [0.1, 0.15) is 62.1 Å². The molecule has 0 spiro atoms. The first-order chi connectivity index (χ1) is 15.5. The topological polar surface area (TPSA) is 117 Å². The summed E-state index contributed by atoms with van der Waals surface area (Å²) >= 11 is 0. The van der Waals surface area contributed by atoms with Crippen molar-refractivity contribution in [1.82, 2.24) is 30.3 Å². The van der Waals surface area contributed by atoms with Crippen molar-refractivity contribution in [2.24, 2.45) is 0 Å². The molecular weight excluding hydrogens is 406 g/mol. The summed E-state index contributed by atoms with van der Waals surface area (Å²) in [7, 11) is 0. The number of nitrogens with one attached hydrogen (secondary N) is 3. The Morgan fingerprint density at radius 1 is 1.34 bits per heavy atom. The molecule has 3 heterocycles. The van der Waals surface area contributed by atoms with Crippen LogP contribution in [-0.2, 0) is 11.3 Å². The molecule has 1 aromatic carbocycles. The predicted molar refractivity (Wildman–Crippen MR) is 123 cm³/mol. The molecule has 0 saturated carbocycles. The van der Waals surface area contributed by atoms with Crippen molar-refractivity contribution < 1.29 is 10.0 Å². The zero-order valence-corrected chi connectivity index (χ0v) is 18.4. The van der Waals surface area contributed by atoms with Gasteiger partial charge in [-0.3, -0.25) is 10.0 Å². The lowest BCUT2D eigenvalue weighted by Crippen LogP contribution is -2.28. The van der Waals surface area contributed by atoms with Gasteiger partial charge in [-0.25, -0.2) is 20.4 Å². The second-order valence-corrected chi connectivity index (χ2v) is 8.26. The maximum Gasteiger partial charge on any atom is 0.267 e. The summed E-state index contributed by atoms with van der Waals surface area (Å²) < 4.78 is 2.08. The highest BCUT2D eigenvalue weighted by molar-refractivity contribution is 5.90. The van der Waals surface area contributed by atoms with Gasteiger partial charge in [-0.1, -0.05) is 24.6 Å². The van der Waals surface area contributed by atoms with E-state index in [0.717, 1.165) is 46.9 Å². The summed E-state index contributed by atoms with van der Waals surface area (Å²) in [4.78, 5) is 25.5. The Kier molecular flexibility index (Phi) is 6.77. The molecule has 1 atom stereocenters. The number of benzene rings is 1. The van der Waals surface area contributed by atoms with Crippen LogP contribution in [0.2, 0.25) is 0 Å². The summed E-state index contributed by atoms with van der Waals surface area (Å²) in [5.41, 5.74) is 5.08. The third-order valence-electron chi connectivity index (χ3n) is 5.57. The number of nitrogens with zero attached hydrogens (tertiary/aromatic N) is 4. The maximum atomic E-state index is 11.2. The number of aromatic nitrogens is 4. The Bertz CT molecular complexity index is 1120. The lowest BCUT2D eigenvalue weighted by Gasteiger charge is -2.23. The third-order valence-corrected chi connectivity index (χ3v) is 5.57. The molecule has 3 aromatic rings. The van der Waals surface area contributed by atoms with Gasteiger partial charge in [0.1, 0.15) is 11.3 Å². The number of fused-ring (bicyclic) bond motifs is 1. The van der Waals surface area contributed by atoms with Gasteiger partial charge in [-0.05, 0) is 56.5 Å². The third kappa shape index (κ3) is 4.95. The Hall–Kier alpha value is -3.30. The van der Waals surface area contributed by atoms with Gasteiger partial charge in [0, 0.05) is 18.7 Å². The predicted octanol–water partition coefficient (Wildman–Crippen LogP) is 3.35. The maximum absolute atomic E-state index is 11.2. The van der Waals surface area contributed by atoms with E-state index in [-0.39, 0.29) is 12.1 Å². The van der Waals surface area contributed by atoms with Gasteiger partial charge in [0.2, 0.25) is 0 Å². The molecule has 1 unspecified atom stereocenters. The minimum Gasteiger partial charge on any atom is -0.364 e. The summed E-state index contributed by atoms with van der Waals surface area (Å²) in [6.07, 6.45) is 8.12. The van der Waals surface area contributed by atoms with Crippen molar-refractivity contribution in [3.05, 3.63) is 53.6 Å². The van der Waals surface area contributed by atoms with Gasteiger partial charge in [-0.2, -0.15) is 0 Å². The first kappa shape index (κ1) is 21.9. The largest absolute Gasteiger partial charge is 0.364 e. The van der Waals surface area contributed by atoms with Crippen molar-refractivity contribution in [3.63, 3.8) is 0 Å². The molecule has 2 aromatic heterocycles. The van der Waals surface area contributed by atoms with Gasteiger partial charge in [-0.15, -0.1) is 0 Å². The second kappa shape index (κ2) is 9.88. The Balaban J connectivity index is 1.61. The molecule has 1 saturated heterocycles. The van der Waals surface area contributed by atoms with Gasteiger partial charge in [0.25, 0.3) is 5.91 Å². The highest BCUT2D eigenvalue weighted by Crippen LogP contribution is 2.27. The van der Waals surface area contributed by atoms with Crippen molar-refractivity contribution in [3.8, 4) is 0 Å². The first-order valence-electron chi connectivity index (χ1n) is 11.0. The number of anilines is 1. The van der Waals surface area contributed by atoms with Crippen LogP contribution in [0.3, 0.4) is 0 Å². The van der Waals surface area contributed by atoms with Crippen LogP contribution in [0, 0.1) is 0 Å². The van der Waals surface area contributed by atoms with Crippen LogP contribution >= 0.6 is 0 Å². The monoisotopic (exact) mass is 435 g/mol. The molecular formula is C23H29N7O2. The highest BCUT2D eigenvalue weighted by Gasteiger charge is 2.22. The molecule has 1 amide bonds. The summed E-state index contributed by atoms with van der Waals surface area (Å²) in [5, 5.41) is 15.6. The van der Waals surface area contributed by atoms with Crippen molar-refractivity contribution >= 4 is 29.0 Å². The van der Waals surface area contributed by atoms with E-state index < -0.39 is 5.91 Å². The van der Waals surface area contributed by atoms with E-state index in [1.165, 1.54) is 18.9 Å². The first-order valence-corrected chi connectivity index (χ1v) is 11.0. The number of rotatable bonds is 7. The summed E-state index contributed by atoms with van der Waals surface area (Å²) in [5.74, 6) is 0.952. The number of amides is 1. The quantitative estimate of drug-likeness (QED) is 0.255. The van der Waals surface area contributed by atoms with E-state index in [1.807, 2.05) is 30.6 Å². The number of carbonyl (C=O) groups is 1. The Labute approximate surface area is 186 Å². The molecule has 4 N–H and O–H groups in total. The Morgan fingerprint density at radius 2 is 2.22 bits per heavy atom. The molecule has 1 fully saturated rings. The van der Waals surface area contributed by atoms with Crippen molar-refractivity contribution in [2.75, 3.05) is 11.9 Å². The number of piperidine rings is 1. The fourth-order valence-corrected chi connectivity index (χ4v) is 3.86. The lowest BCUT2D eigenvalue weighted by molar-refractivity contribution is -0.124. The SMILES string of the molecule is CC(C)n1cnc2c(NCc3cccc(/C=C/C(=O)NO)c3)nc(C3CCCCN3)nc21. The molecule has 168 valence electrons. The zero-order valence-electron chi connectivity index (χ0n) is 18.4. The van der Waals surface area contributed by atoms with Crippen molar-refractivity contribution in [2.45, 2.75) is 51.7 Å². The van der Waals surface area contributed by atoms with Crippen LogP contribution in [0.15, 0.2) is 36.7 Å². The number of imidazole rings is 1. The van der Waals surface area contributed by atoms with Gasteiger partial charge in [0.05, 0.1) is 12.4 Å². The van der Waals surface area contributed by atoms with Crippen LogP contribution < -0.4 is 16.1 Å². The minimum atomic E-state index is -0.568. The smallest absolute Gasteiger partial charge is 0.267 e. The van der Waals surface area contributed by atoms with Crippen LogP contribution in [0.5, 0.6) is 0 Å². The molecule has 0 radical (unpaired) electrons. The van der Waals surface area contributed by atoms with Crippen LogP contribution in [0.25, 0.3) is 17.2 Å². The van der Waals surface area contributed by atoms with E-state index in [2.05, 4.69) is 34.0 Å². The minimum absolute atomic E-state index is 0.148. The molecule has 4 rings (SSSR count). The summed E-state index contributed by atoms with van der Waals surface area (Å²) in [6.45, 7) is 5.76. The van der Waals surface area contributed by atoms with E-state index in [9.17, 15) is 4.79 Å². The number of carbonyl (C=O) groups excluding carboxylic acids is 1. The highest BCUT2D eigenvalue weighted by atomic mass is 16.5. The van der Waals surface area contributed by atoms with Gasteiger partial charge >= 0.3 is 0 Å². The normalized spacial score (nSPS) is 16.7. The van der Waals surface area contributed by atoms with Gasteiger partial charge in [0.15, 0.2) is 11.5 Å². The number of hydrogen-bond donors (Lipinski definition) is 4. The fourth-order valence-electron chi connectivity index (χ4n) is 3.86. The number of hydrogen-bond acceptors (Lipinski definition) is 7. The summed E-state index contributed by atoms with van der Waals surface area (Å²) in [6, 6.07) is 8.19. The molecule has 1 aliphatic heterocycles. The fraction of sp³-hybridized carbons (Fsp3) is 0.391. The molecule has 9 nitrogen and oxygen atoms in total. The molecule has 0 bridgehead atoms. The molecule has 0 aliphatic carbocycles. The molecule has 1 aliphatic rings. The average Bonchev–Trinajstić information content (AvgIpc) is 3.26. The van der Waals surface area contributed by atoms with E-state index >= 15 is 0 Å². The number of hydroxylamine groups is 1.